The minimum absolute atomic E-state index is 0.174. The third kappa shape index (κ3) is 4.21. The molecule has 1 atom stereocenters. The van der Waals surface area contributed by atoms with Crippen LogP contribution in [-0.4, -0.2) is 46.5 Å². The SMILES string of the molecule is COCCC(C)(O)CNC(=O)c1cnns1. The number of aliphatic hydroxyl groups is 1. The fourth-order valence-electron chi connectivity index (χ4n) is 1.04. The zero-order valence-electron chi connectivity index (χ0n) is 9.27. The van der Waals surface area contributed by atoms with Crippen molar-refractivity contribution in [1.29, 1.82) is 0 Å². The molecule has 1 aromatic rings. The molecule has 1 aromatic heterocycles. The molecule has 1 amide bonds. The van der Waals surface area contributed by atoms with Crippen LogP contribution in [0.2, 0.25) is 0 Å². The van der Waals surface area contributed by atoms with Crippen LogP contribution >= 0.6 is 11.5 Å². The molecule has 6 nitrogen and oxygen atoms in total. The molecule has 0 bridgehead atoms. The number of rotatable bonds is 6. The highest BCUT2D eigenvalue weighted by Gasteiger charge is 2.21. The van der Waals surface area contributed by atoms with E-state index in [9.17, 15) is 9.90 Å². The fraction of sp³-hybridized carbons (Fsp3) is 0.667. The minimum Gasteiger partial charge on any atom is -0.388 e. The maximum absolute atomic E-state index is 11.5. The van der Waals surface area contributed by atoms with E-state index in [0.29, 0.717) is 17.9 Å². The molecule has 1 rings (SSSR count). The maximum Gasteiger partial charge on any atom is 0.264 e. The zero-order chi connectivity index (χ0) is 12.0. The molecular formula is C9H15N3O3S. The Morgan fingerprint density at radius 1 is 1.75 bits per heavy atom. The monoisotopic (exact) mass is 245 g/mol. The Morgan fingerprint density at radius 2 is 2.50 bits per heavy atom. The summed E-state index contributed by atoms with van der Waals surface area (Å²) in [5.41, 5.74) is -0.968. The van der Waals surface area contributed by atoms with Gasteiger partial charge in [-0.2, -0.15) is 0 Å². The number of nitrogens with one attached hydrogen (secondary N) is 1. The Morgan fingerprint density at radius 3 is 3.06 bits per heavy atom. The summed E-state index contributed by atoms with van der Waals surface area (Å²) >= 11 is 1.02. The zero-order valence-corrected chi connectivity index (χ0v) is 10.1. The lowest BCUT2D eigenvalue weighted by Gasteiger charge is -2.22. The largest absolute Gasteiger partial charge is 0.388 e. The summed E-state index contributed by atoms with van der Waals surface area (Å²) in [6.45, 7) is 2.27. The van der Waals surface area contributed by atoms with Gasteiger partial charge in [0.25, 0.3) is 5.91 Å². The molecular weight excluding hydrogens is 230 g/mol. The fourth-order valence-corrected chi connectivity index (χ4v) is 1.47. The van der Waals surface area contributed by atoms with Crippen LogP contribution in [0, 0.1) is 0 Å². The summed E-state index contributed by atoms with van der Waals surface area (Å²) in [7, 11) is 1.57. The first-order valence-corrected chi connectivity index (χ1v) is 5.59. The van der Waals surface area contributed by atoms with Crippen molar-refractivity contribution in [3.05, 3.63) is 11.1 Å². The molecule has 1 heterocycles. The Labute approximate surface area is 97.8 Å². The van der Waals surface area contributed by atoms with E-state index in [4.69, 9.17) is 4.74 Å². The summed E-state index contributed by atoms with van der Waals surface area (Å²) < 4.78 is 8.45. The van der Waals surface area contributed by atoms with Gasteiger partial charge in [-0.15, -0.1) is 5.10 Å². The number of ether oxygens (including phenoxy) is 1. The van der Waals surface area contributed by atoms with Crippen LogP contribution in [0.3, 0.4) is 0 Å². The van der Waals surface area contributed by atoms with Gasteiger partial charge in [0, 0.05) is 26.7 Å². The minimum atomic E-state index is -0.968. The summed E-state index contributed by atoms with van der Waals surface area (Å²) in [5.74, 6) is -0.271. The number of amides is 1. The average Bonchev–Trinajstić information content (AvgIpc) is 2.77. The number of carbonyl (C=O) groups is 1. The van der Waals surface area contributed by atoms with Crippen LogP contribution in [0.5, 0.6) is 0 Å². The van der Waals surface area contributed by atoms with Gasteiger partial charge in [-0.05, 0) is 18.5 Å². The number of aromatic nitrogens is 2. The van der Waals surface area contributed by atoms with Gasteiger partial charge in [-0.1, -0.05) is 4.49 Å². The van der Waals surface area contributed by atoms with Gasteiger partial charge >= 0.3 is 0 Å². The molecule has 0 aliphatic rings. The third-order valence-corrected chi connectivity index (χ3v) is 2.72. The van der Waals surface area contributed by atoms with E-state index in [1.54, 1.807) is 14.0 Å². The first-order chi connectivity index (χ1) is 7.55. The van der Waals surface area contributed by atoms with Gasteiger partial charge in [-0.25, -0.2) is 0 Å². The van der Waals surface area contributed by atoms with Crippen LogP contribution in [0.1, 0.15) is 23.0 Å². The molecule has 90 valence electrons. The van der Waals surface area contributed by atoms with Gasteiger partial charge in [0.15, 0.2) is 0 Å². The lowest BCUT2D eigenvalue weighted by atomic mass is 10.0. The molecule has 0 fully saturated rings. The van der Waals surface area contributed by atoms with E-state index in [1.165, 1.54) is 6.20 Å². The number of methoxy groups -OCH3 is 1. The highest BCUT2D eigenvalue weighted by atomic mass is 32.1. The molecule has 0 aliphatic carbocycles. The van der Waals surface area contributed by atoms with Gasteiger partial charge in [0.1, 0.15) is 4.88 Å². The quantitative estimate of drug-likeness (QED) is 0.740. The van der Waals surface area contributed by atoms with E-state index in [-0.39, 0.29) is 12.5 Å². The van der Waals surface area contributed by atoms with Crippen LogP contribution < -0.4 is 5.32 Å². The third-order valence-electron chi connectivity index (χ3n) is 2.06. The van der Waals surface area contributed by atoms with Crippen LogP contribution in [0.15, 0.2) is 6.20 Å². The molecule has 0 aromatic carbocycles. The molecule has 0 saturated heterocycles. The van der Waals surface area contributed by atoms with Gasteiger partial charge < -0.3 is 15.2 Å². The van der Waals surface area contributed by atoms with Crippen molar-refractivity contribution < 1.29 is 14.6 Å². The normalized spacial score (nSPS) is 14.4. The lowest BCUT2D eigenvalue weighted by Crippen LogP contribution is -2.41. The number of hydrogen-bond acceptors (Lipinski definition) is 6. The Hall–Kier alpha value is -1.05. The summed E-state index contributed by atoms with van der Waals surface area (Å²) in [5, 5.41) is 16.1. The van der Waals surface area contributed by atoms with E-state index in [0.717, 1.165) is 11.5 Å². The van der Waals surface area contributed by atoms with Crippen molar-refractivity contribution >= 4 is 17.4 Å². The van der Waals surface area contributed by atoms with Gasteiger partial charge in [0.2, 0.25) is 0 Å². The van der Waals surface area contributed by atoms with Crippen LogP contribution in [0.4, 0.5) is 0 Å². The lowest BCUT2D eigenvalue weighted by molar-refractivity contribution is 0.0244. The van der Waals surface area contributed by atoms with Gasteiger partial charge in [-0.3, -0.25) is 4.79 Å². The first-order valence-electron chi connectivity index (χ1n) is 4.82. The molecule has 0 aliphatic heterocycles. The van der Waals surface area contributed by atoms with Crippen molar-refractivity contribution in [2.24, 2.45) is 0 Å². The predicted molar refractivity (Wildman–Crippen MR) is 59.4 cm³/mol. The summed E-state index contributed by atoms with van der Waals surface area (Å²) in [6, 6.07) is 0. The number of hydrogen-bond donors (Lipinski definition) is 2. The first kappa shape index (κ1) is 13.0. The highest BCUT2D eigenvalue weighted by molar-refractivity contribution is 7.07. The Kier molecular flexibility index (Phi) is 4.78. The summed E-state index contributed by atoms with van der Waals surface area (Å²) in [6.07, 6.45) is 1.86. The van der Waals surface area contributed by atoms with E-state index in [1.807, 2.05) is 0 Å². The second-order valence-electron chi connectivity index (χ2n) is 3.70. The Balaban J connectivity index is 2.36. The van der Waals surface area contributed by atoms with E-state index >= 15 is 0 Å². The molecule has 0 saturated carbocycles. The van der Waals surface area contributed by atoms with Crippen molar-refractivity contribution in [3.8, 4) is 0 Å². The molecule has 0 radical (unpaired) electrons. The second-order valence-corrected chi connectivity index (χ2v) is 4.49. The predicted octanol–water partition coefficient (Wildman–Crippen LogP) is 0.0554. The molecule has 7 heteroatoms. The molecule has 16 heavy (non-hydrogen) atoms. The molecule has 0 spiro atoms. The highest BCUT2D eigenvalue weighted by Crippen LogP contribution is 2.08. The van der Waals surface area contributed by atoms with E-state index < -0.39 is 5.60 Å². The topological polar surface area (TPSA) is 84.3 Å². The smallest absolute Gasteiger partial charge is 0.264 e. The standard InChI is InChI=1S/C9H15N3O3S/c1-9(14,3-4-15-2)6-10-8(13)7-5-11-12-16-7/h5,14H,3-4,6H2,1-2H3,(H,10,13). The van der Waals surface area contributed by atoms with Gasteiger partial charge in [0.05, 0.1) is 11.8 Å². The van der Waals surface area contributed by atoms with Crippen molar-refractivity contribution in [3.63, 3.8) is 0 Å². The van der Waals surface area contributed by atoms with Crippen LogP contribution in [-0.2, 0) is 4.74 Å². The Bertz CT molecular complexity index is 327. The maximum atomic E-state index is 11.5. The van der Waals surface area contributed by atoms with Crippen molar-refractivity contribution in [1.82, 2.24) is 14.9 Å². The number of carbonyl (C=O) groups excluding carboxylic acids is 1. The average molecular weight is 245 g/mol. The van der Waals surface area contributed by atoms with Crippen molar-refractivity contribution in [2.45, 2.75) is 18.9 Å². The number of nitrogens with zero attached hydrogens (tertiary/aromatic N) is 2. The second kappa shape index (κ2) is 5.88. The van der Waals surface area contributed by atoms with Crippen molar-refractivity contribution in [2.75, 3.05) is 20.3 Å². The molecule has 1 unspecified atom stereocenters. The van der Waals surface area contributed by atoms with Crippen LogP contribution in [0.25, 0.3) is 0 Å². The van der Waals surface area contributed by atoms with E-state index in [2.05, 4.69) is 14.9 Å². The summed E-state index contributed by atoms with van der Waals surface area (Å²) in [4.78, 5) is 11.9. The molecule has 2 N–H and O–H groups in total.